The molecule has 0 unspecified atom stereocenters. The summed E-state index contributed by atoms with van der Waals surface area (Å²) in [5.41, 5.74) is -1.92. The molecule has 0 aliphatic rings. The number of carbonyl (C=O) groups excluding carboxylic acids is 3. The molecule has 0 saturated heterocycles. The average Bonchev–Trinajstić information content (AvgIpc) is 2.89. The number of rotatable bonds is 11. The van der Waals surface area contributed by atoms with Crippen LogP contribution in [0.4, 0.5) is 19.7 Å². The number of halogens is 1. The fourth-order valence-electron chi connectivity index (χ4n) is 4.30. The first-order valence-electron chi connectivity index (χ1n) is 15.1. The molecule has 0 aliphatic carbocycles. The van der Waals surface area contributed by atoms with Crippen molar-refractivity contribution in [3.8, 4) is 11.5 Å². The zero-order valence-corrected chi connectivity index (χ0v) is 28.1. The van der Waals surface area contributed by atoms with Gasteiger partial charge in [0, 0.05) is 24.7 Å². The number of benzene rings is 2. The smallest absolute Gasteiger partial charge is 0.414 e. The first-order chi connectivity index (χ1) is 20.4. The SMILES string of the molecule is CCCCOc1c(C(=O)Oc2ccccc2)c(C)c(F)c(CN(CC(C)C)C(=O)OC(C)(C)C)c1N(C)C(=O)OC(C)(C)C. The number of nitrogens with zero attached hydrogens (tertiary/aromatic N) is 2. The number of unbranched alkanes of at least 4 members (excludes halogenated alkanes) is 1. The lowest BCUT2D eigenvalue weighted by atomic mass is 9.98. The fraction of sp³-hybridized carbons (Fsp3) is 0.559. The number of amides is 2. The molecular weight excluding hydrogens is 567 g/mol. The van der Waals surface area contributed by atoms with E-state index in [1.807, 2.05) is 20.8 Å². The Morgan fingerprint density at radius 2 is 1.50 bits per heavy atom. The maximum atomic E-state index is 16.6. The molecule has 2 aromatic carbocycles. The molecule has 0 atom stereocenters. The molecule has 0 saturated carbocycles. The van der Waals surface area contributed by atoms with E-state index in [9.17, 15) is 14.4 Å². The molecule has 244 valence electrons. The standard InChI is InChI=1S/C34H49FN2O7/c1-12-13-19-41-29-26(30(38)42-24-17-15-14-16-18-24)23(4)27(35)25(28(29)36(11)31(39)43-33(5,6)7)21-37(20-22(2)3)32(40)44-34(8,9)10/h14-18,22H,12-13,19-21H2,1-11H3. The van der Waals surface area contributed by atoms with Crippen LogP contribution in [-0.4, -0.2) is 54.5 Å². The Bertz CT molecular complexity index is 1300. The zero-order chi connectivity index (χ0) is 33.4. The minimum absolute atomic E-state index is 0.0131. The van der Waals surface area contributed by atoms with Gasteiger partial charge in [-0.2, -0.15) is 0 Å². The third-order valence-corrected chi connectivity index (χ3v) is 6.19. The van der Waals surface area contributed by atoms with Crippen LogP contribution in [0.25, 0.3) is 0 Å². The van der Waals surface area contributed by atoms with Crippen molar-refractivity contribution in [2.45, 2.75) is 99.8 Å². The molecule has 0 aromatic heterocycles. The van der Waals surface area contributed by atoms with Gasteiger partial charge in [-0.3, -0.25) is 4.90 Å². The van der Waals surface area contributed by atoms with E-state index in [-0.39, 0.29) is 59.5 Å². The maximum Gasteiger partial charge on any atom is 0.414 e. The van der Waals surface area contributed by atoms with Gasteiger partial charge in [0.2, 0.25) is 0 Å². The first-order valence-corrected chi connectivity index (χ1v) is 15.1. The Balaban J connectivity index is 2.88. The summed E-state index contributed by atoms with van der Waals surface area (Å²) in [6, 6.07) is 8.40. The van der Waals surface area contributed by atoms with Crippen molar-refractivity contribution in [2.75, 3.05) is 25.1 Å². The molecule has 0 fully saturated rings. The lowest BCUT2D eigenvalue weighted by Crippen LogP contribution is -2.40. The van der Waals surface area contributed by atoms with Crippen LogP contribution in [0, 0.1) is 18.7 Å². The number of anilines is 1. The van der Waals surface area contributed by atoms with Gasteiger partial charge in [0.05, 0.1) is 18.8 Å². The van der Waals surface area contributed by atoms with Crippen LogP contribution in [0.2, 0.25) is 0 Å². The molecule has 10 heteroatoms. The Labute approximate surface area is 261 Å². The van der Waals surface area contributed by atoms with Gasteiger partial charge in [-0.25, -0.2) is 18.8 Å². The van der Waals surface area contributed by atoms with Crippen molar-refractivity contribution >= 4 is 23.8 Å². The quantitative estimate of drug-likeness (QED) is 0.142. The topological polar surface area (TPSA) is 94.6 Å². The second kappa shape index (κ2) is 15.3. The second-order valence-corrected chi connectivity index (χ2v) is 13.2. The molecule has 9 nitrogen and oxygen atoms in total. The lowest BCUT2D eigenvalue weighted by Gasteiger charge is -2.32. The highest BCUT2D eigenvalue weighted by atomic mass is 19.1. The van der Waals surface area contributed by atoms with Crippen LogP contribution in [0.15, 0.2) is 30.3 Å². The highest BCUT2D eigenvalue weighted by molar-refractivity contribution is 6.01. The van der Waals surface area contributed by atoms with Gasteiger partial charge in [-0.1, -0.05) is 45.4 Å². The van der Waals surface area contributed by atoms with Crippen LogP contribution in [0.3, 0.4) is 0 Å². The number of para-hydroxylation sites is 1. The summed E-state index contributed by atoms with van der Waals surface area (Å²) in [6.07, 6.45) is -0.0200. The normalized spacial score (nSPS) is 11.7. The Hall–Kier alpha value is -3.82. The molecule has 0 spiro atoms. The second-order valence-electron chi connectivity index (χ2n) is 13.2. The van der Waals surface area contributed by atoms with Crippen molar-refractivity contribution in [3.05, 3.63) is 52.8 Å². The largest absolute Gasteiger partial charge is 0.490 e. The van der Waals surface area contributed by atoms with Crippen LogP contribution < -0.4 is 14.4 Å². The number of carbonyl (C=O) groups is 3. The van der Waals surface area contributed by atoms with Gasteiger partial charge in [-0.15, -0.1) is 0 Å². The van der Waals surface area contributed by atoms with Gasteiger partial charge < -0.3 is 23.8 Å². The van der Waals surface area contributed by atoms with E-state index < -0.39 is 35.2 Å². The predicted octanol–water partition coefficient (Wildman–Crippen LogP) is 8.30. The van der Waals surface area contributed by atoms with Gasteiger partial charge in [0.25, 0.3) is 0 Å². The van der Waals surface area contributed by atoms with Crippen LogP contribution in [-0.2, 0) is 16.0 Å². The van der Waals surface area contributed by atoms with Gasteiger partial charge in [0.1, 0.15) is 28.3 Å². The molecule has 0 heterocycles. The molecule has 2 rings (SSSR count). The van der Waals surface area contributed by atoms with Crippen molar-refractivity contribution in [1.82, 2.24) is 4.90 Å². The van der Waals surface area contributed by atoms with Crippen molar-refractivity contribution in [2.24, 2.45) is 5.92 Å². The third-order valence-electron chi connectivity index (χ3n) is 6.19. The molecule has 0 radical (unpaired) electrons. The fourth-order valence-corrected chi connectivity index (χ4v) is 4.30. The molecule has 0 aliphatic heterocycles. The zero-order valence-electron chi connectivity index (χ0n) is 28.1. The van der Waals surface area contributed by atoms with E-state index in [1.54, 1.807) is 71.9 Å². The summed E-state index contributed by atoms with van der Waals surface area (Å²) in [6.45, 7) is 17.8. The highest BCUT2D eigenvalue weighted by Crippen LogP contribution is 2.42. The number of hydrogen-bond donors (Lipinski definition) is 0. The Morgan fingerprint density at radius 1 is 0.932 bits per heavy atom. The van der Waals surface area contributed by atoms with E-state index in [0.29, 0.717) is 6.42 Å². The third kappa shape index (κ3) is 10.4. The molecular formula is C34H49FN2O7. The predicted molar refractivity (Wildman–Crippen MR) is 169 cm³/mol. The minimum atomic E-state index is -0.868. The highest BCUT2D eigenvalue weighted by Gasteiger charge is 2.35. The van der Waals surface area contributed by atoms with E-state index in [4.69, 9.17) is 18.9 Å². The molecule has 44 heavy (non-hydrogen) atoms. The average molecular weight is 617 g/mol. The van der Waals surface area contributed by atoms with E-state index in [2.05, 4.69) is 0 Å². The molecule has 0 bridgehead atoms. The molecule has 2 aromatic rings. The van der Waals surface area contributed by atoms with Crippen molar-refractivity contribution in [3.63, 3.8) is 0 Å². The Morgan fingerprint density at radius 3 is 2.02 bits per heavy atom. The summed E-state index contributed by atoms with van der Waals surface area (Å²) in [7, 11) is 1.42. The van der Waals surface area contributed by atoms with Crippen LogP contribution in [0.5, 0.6) is 11.5 Å². The van der Waals surface area contributed by atoms with Gasteiger partial charge >= 0.3 is 18.2 Å². The van der Waals surface area contributed by atoms with Crippen molar-refractivity contribution < 1.29 is 37.7 Å². The summed E-state index contributed by atoms with van der Waals surface area (Å²) in [5, 5.41) is 0. The summed E-state index contributed by atoms with van der Waals surface area (Å²) >= 11 is 0. The van der Waals surface area contributed by atoms with E-state index in [1.165, 1.54) is 18.9 Å². The lowest BCUT2D eigenvalue weighted by molar-refractivity contribution is 0.0209. The van der Waals surface area contributed by atoms with E-state index >= 15 is 4.39 Å². The van der Waals surface area contributed by atoms with Crippen LogP contribution >= 0.6 is 0 Å². The van der Waals surface area contributed by atoms with Gasteiger partial charge in [-0.05, 0) is 72.9 Å². The van der Waals surface area contributed by atoms with Crippen LogP contribution in [0.1, 0.15) is 96.6 Å². The molecule has 0 N–H and O–H groups in total. The summed E-state index contributed by atoms with van der Waals surface area (Å²) in [5.74, 6) is -1.39. The maximum absolute atomic E-state index is 16.6. The minimum Gasteiger partial charge on any atom is -0.490 e. The summed E-state index contributed by atoms with van der Waals surface area (Å²) < 4.78 is 39.7. The van der Waals surface area contributed by atoms with E-state index in [0.717, 1.165) is 11.3 Å². The first kappa shape index (κ1) is 36.4. The molecule has 2 amide bonds. The van der Waals surface area contributed by atoms with Crippen molar-refractivity contribution in [1.29, 1.82) is 0 Å². The summed E-state index contributed by atoms with van der Waals surface area (Å²) in [4.78, 5) is 43.0. The number of ether oxygens (including phenoxy) is 4. The number of esters is 1. The van der Waals surface area contributed by atoms with Gasteiger partial charge in [0.15, 0.2) is 5.75 Å². The number of hydrogen-bond acceptors (Lipinski definition) is 7. The monoisotopic (exact) mass is 616 g/mol. The Kier molecular flexibility index (Phi) is 12.6.